The normalized spacial score (nSPS) is 15.4. The molecular formula is C17H22FN5O. The van der Waals surface area contributed by atoms with Crippen LogP contribution >= 0.6 is 0 Å². The van der Waals surface area contributed by atoms with Gasteiger partial charge >= 0.3 is 0 Å². The summed E-state index contributed by atoms with van der Waals surface area (Å²) in [6, 6.07) is 5.00. The van der Waals surface area contributed by atoms with Gasteiger partial charge in [-0.05, 0) is 62.5 Å². The van der Waals surface area contributed by atoms with Crippen molar-refractivity contribution in [3.8, 4) is 0 Å². The summed E-state index contributed by atoms with van der Waals surface area (Å²) < 4.78 is 14.9. The van der Waals surface area contributed by atoms with Gasteiger partial charge in [0.15, 0.2) is 5.69 Å². The standard InChI is InChI=1S/C17H22FN5O/c1-12-10-14(18)3-2-13(12)4-9-20-17(24)16-11-23(22-21-16)15-5-7-19-8-6-15/h2-3,10-11,15,19H,4-9H2,1H3,(H,20,24). The van der Waals surface area contributed by atoms with E-state index in [1.807, 2.05) is 6.92 Å². The van der Waals surface area contributed by atoms with Gasteiger partial charge in [0, 0.05) is 6.54 Å². The molecule has 1 saturated heterocycles. The summed E-state index contributed by atoms with van der Waals surface area (Å²) in [6.07, 6.45) is 4.36. The lowest BCUT2D eigenvalue weighted by Crippen LogP contribution is -2.29. The number of carbonyl (C=O) groups is 1. The molecule has 0 unspecified atom stereocenters. The number of aromatic nitrogens is 3. The molecule has 7 heteroatoms. The second-order valence-corrected chi connectivity index (χ2v) is 6.14. The first-order chi connectivity index (χ1) is 11.6. The summed E-state index contributed by atoms with van der Waals surface area (Å²) in [4.78, 5) is 12.2. The van der Waals surface area contributed by atoms with Crippen molar-refractivity contribution in [2.24, 2.45) is 0 Å². The van der Waals surface area contributed by atoms with Crippen molar-refractivity contribution in [2.75, 3.05) is 19.6 Å². The highest BCUT2D eigenvalue weighted by Gasteiger charge is 2.18. The molecule has 3 rings (SSSR count). The van der Waals surface area contributed by atoms with Crippen LogP contribution in [0.3, 0.4) is 0 Å². The maximum atomic E-state index is 13.1. The Bertz CT molecular complexity index is 709. The molecule has 0 atom stereocenters. The van der Waals surface area contributed by atoms with Gasteiger partial charge in [-0.25, -0.2) is 9.07 Å². The van der Waals surface area contributed by atoms with Gasteiger partial charge in [-0.3, -0.25) is 4.79 Å². The van der Waals surface area contributed by atoms with Crippen molar-refractivity contribution in [1.29, 1.82) is 0 Å². The molecule has 1 aromatic heterocycles. The average molecular weight is 331 g/mol. The molecule has 1 aromatic carbocycles. The Balaban J connectivity index is 1.52. The molecule has 128 valence electrons. The van der Waals surface area contributed by atoms with Crippen LogP contribution in [0.2, 0.25) is 0 Å². The molecule has 1 aliphatic heterocycles. The SMILES string of the molecule is Cc1cc(F)ccc1CCNC(=O)c1cn(C2CCNCC2)nn1. The third kappa shape index (κ3) is 3.97. The number of piperidine rings is 1. The maximum absolute atomic E-state index is 13.1. The summed E-state index contributed by atoms with van der Waals surface area (Å²) in [5, 5.41) is 14.2. The van der Waals surface area contributed by atoms with Crippen LogP contribution in [0.5, 0.6) is 0 Å². The van der Waals surface area contributed by atoms with Crippen molar-refractivity contribution >= 4 is 5.91 Å². The number of nitrogens with one attached hydrogen (secondary N) is 2. The molecule has 24 heavy (non-hydrogen) atoms. The first-order valence-corrected chi connectivity index (χ1v) is 8.29. The van der Waals surface area contributed by atoms with Crippen LogP contribution in [0.1, 0.15) is 40.5 Å². The minimum atomic E-state index is -0.241. The highest BCUT2D eigenvalue weighted by Crippen LogP contribution is 2.17. The molecule has 2 heterocycles. The number of halogens is 1. The van der Waals surface area contributed by atoms with E-state index < -0.39 is 0 Å². The van der Waals surface area contributed by atoms with Crippen LogP contribution in [-0.2, 0) is 6.42 Å². The molecule has 2 aromatic rings. The molecular weight excluding hydrogens is 309 g/mol. The average Bonchev–Trinajstić information content (AvgIpc) is 3.08. The number of hydrogen-bond donors (Lipinski definition) is 2. The minimum Gasteiger partial charge on any atom is -0.350 e. The van der Waals surface area contributed by atoms with Crippen molar-refractivity contribution < 1.29 is 9.18 Å². The van der Waals surface area contributed by atoms with Gasteiger partial charge in [-0.1, -0.05) is 11.3 Å². The zero-order valence-corrected chi connectivity index (χ0v) is 13.8. The lowest BCUT2D eigenvalue weighted by Gasteiger charge is -2.22. The molecule has 1 amide bonds. The van der Waals surface area contributed by atoms with Crippen molar-refractivity contribution in [2.45, 2.75) is 32.2 Å². The lowest BCUT2D eigenvalue weighted by atomic mass is 10.1. The fraction of sp³-hybridized carbons (Fsp3) is 0.471. The fourth-order valence-corrected chi connectivity index (χ4v) is 2.97. The number of benzene rings is 1. The first-order valence-electron chi connectivity index (χ1n) is 8.29. The Labute approximate surface area is 140 Å². The summed E-state index contributed by atoms with van der Waals surface area (Å²) in [7, 11) is 0. The third-order valence-electron chi connectivity index (χ3n) is 4.41. The van der Waals surface area contributed by atoms with Crippen LogP contribution in [0.4, 0.5) is 4.39 Å². The predicted molar refractivity (Wildman–Crippen MR) is 88.3 cm³/mol. The van der Waals surface area contributed by atoms with Gasteiger partial charge in [-0.2, -0.15) is 0 Å². The molecule has 1 aliphatic rings. The monoisotopic (exact) mass is 331 g/mol. The van der Waals surface area contributed by atoms with E-state index in [1.165, 1.54) is 12.1 Å². The van der Waals surface area contributed by atoms with Crippen molar-refractivity contribution in [3.63, 3.8) is 0 Å². The van der Waals surface area contributed by atoms with Gasteiger partial charge in [-0.15, -0.1) is 5.10 Å². The summed E-state index contributed by atoms with van der Waals surface area (Å²) in [6.45, 7) is 4.27. The van der Waals surface area contributed by atoms with E-state index in [4.69, 9.17) is 0 Å². The van der Waals surface area contributed by atoms with Crippen LogP contribution < -0.4 is 10.6 Å². The number of amides is 1. The largest absolute Gasteiger partial charge is 0.350 e. The summed E-state index contributed by atoms with van der Waals surface area (Å²) in [5.74, 6) is -0.468. The quantitative estimate of drug-likeness (QED) is 0.873. The zero-order valence-electron chi connectivity index (χ0n) is 13.8. The lowest BCUT2D eigenvalue weighted by molar-refractivity contribution is 0.0949. The smallest absolute Gasteiger partial charge is 0.273 e. The molecule has 0 spiro atoms. The topological polar surface area (TPSA) is 71.8 Å². The number of rotatable bonds is 5. The summed E-state index contributed by atoms with van der Waals surface area (Å²) >= 11 is 0. The summed E-state index contributed by atoms with van der Waals surface area (Å²) in [5.41, 5.74) is 2.25. The van der Waals surface area contributed by atoms with Crippen LogP contribution in [0.25, 0.3) is 0 Å². The Hall–Kier alpha value is -2.28. The molecule has 0 radical (unpaired) electrons. The van der Waals surface area contributed by atoms with Gasteiger partial charge in [0.2, 0.25) is 0 Å². The Morgan fingerprint density at radius 3 is 2.96 bits per heavy atom. The number of hydrogen-bond acceptors (Lipinski definition) is 4. The predicted octanol–water partition coefficient (Wildman–Crippen LogP) is 1.62. The molecule has 0 bridgehead atoms. The van der Waals surface area contributed by atoms with Gasteiger partial charge in [0.05, 0.1) is 12.2 Å². The number of nitrogens with zero attached hydrogens (tertiary/aromatic N) is 3. The minimum absolute atomic E-state index is 0.227. The second kappa shape index (κ2) is 7.53. The van der Waals surface area contributed by atoms with Gasteiger partial charge in [0.25, 0.3) is 5.91 Å². The van der Waals surface area contributed by atoms with E-state index >= 15 is 0 Å². The van der Waals surface area contributed by atoms with E-state index in [1.54, 1.807) is 16.9 Å². The van der Waals surface area contributed by atoms with E-state index in [9.17, 15) is 9.18 Å². The van der Waals surface area contributed by atoms with E-state index in [2.05, 4.69) is 20.9 Å². The van der Waals surface area contributed by atoms with Crippen molar-refractivity contribution in [1.82, 2.24) is 25.6 Å². The van der Waals surface area contributed by atoms with E-state index in [0.29, 0.717) is 24.7 Å². The van der Waals surface area contributed by atoms with Crippen LogP contribution in [-0.4, -0.2) is 40.5 Å². The second-order valence-electron chi connectivity index (χ2n) is 6.14. The molecule has 1 fully saturated rings. The number of aryl methyl sites for hydroxylation is 1. The maximum Gasteiger partial charge on any atom is 0.273 e. The Kier molecular flexibility index (Phi) is 5.20. The van der Waals surface area contributed by atoms with Crippen molar-refractivity contribution in [3.05, 3.63) is 47.0 Å². The molecule has 6 nitrogen and oxygen atoms in total. The zero-order chi connectivity index (χ0) is 16.9. The Morgan fingerprint density at radius 2 is 2.21 bits per heavy atom. The van der Waals surface area contributed by atoms with E-state index in [0.717, 1.165) is 37.1 Å². The third-order valence-corrected chi connectivity index (χ3v) is 4.41. The molecule has 0 saturated carbocycles. The fourth-order valence-electron chi connectivity index (χ4n) is 2.97. The van der Waals surface area contributed by atoms with Gasteiger partial charge < -0.3 is 10.6 Å². The first kappa shape index (κ1) is 16.6. The van der Waals surface area contributed by atoms with Crippen LogP contribution in [0, 0.1) is 12.7 Å². The number of carbonyl (C=O) groups excluding carboxylic acids is 1. The highest BCUT2D eigenvalue weighted by molar-refractivity contribution is 5.91. The Morgan fingerprint density at radius 1 is 1.42 bits per heavy atom. The van der Waals surface area contributed by atoms with E-state index in [-0.39, 0.29) is 11.7 Å². The molecule has 0 aliphatic carbocycles. The van der Waals surface area contributed by atoms with Crippen LogP contribution in [0.15, 0.2) is 24.4 Å². The molecule has 2 N–H and O–H groups in total. The van der Waals surface area contributed by atoms with Gasteiger partial charge in [0.1, 0.15) is 5.82 Å². The highest BCUT2D eigenvalue weighted by atomic mass is 19.1.